The molecule has 0 saturated carbocycles. The minimum Gasteiger partial charge on any atom is -0.391 e. The van der Waals surface area contributed by atoms with Crippen LogP contribution < -0.4 is 0 Å². The third kappa shape index (κ3) is 3.50. The first kappa shape index (κ1) is 12.4. The molecule has 0 bridgehead atoms. The fourth-order valence-electron chi connectivity index (χ4n) is 1.07. The Hall–Kier alpha value is -1.64. The van der Waals surface area contributed by atoms with E-state index >= 15 is 0 Å². The van der Waals surface area contributed by atoms with Gasteiger partial charge < -0.3 is 4.84 Å². The van der Waals surface area contributed by atoms with Gasteiger partial charge >= 0.3 is 0 Å². The van der Waals surface area contributed by atoms with Gasteiger partial charge in [-0.05, 0) is 26.0 Å². The Morgan fingerprint density at radius 1 is 1.50 bits per heavy atom. The van der Waals surface area contributed by atoms with Crippen molar-refractivity contribution >= 4 is 29.1 Å². The fraction of sp³-hybridized carbons (Fsp3) is 0.273. The second kappa shape index (κ2) is 6.05. The molecule has 0 unspecified atom stereocenters. The van der Waals surface area contributed by atoms with Crippen molar-refractivity contribution in [1.82, 2.24) is 0 Å². The van der Waals surface area contributed by atoms with Crippen LogP contribution in [0.1, 0.15) is 19.4 Å². The molecule has 0 fully saturated rings. The molecule has 0 radical (unpaired) electrons. The number of nitrogens with zero attached hydrogens (tertiary/aromatic N) is 2. The second-order valence-corrected chi connectivity index (χ2v) is 3.66. The summed E-state index contributed by atoms with van der Waals surface area (Å²) in [5.41, 5.74) is 1.87. The van der Waals surface area contributed by atoms with Gasteiger partial charge in [0.05, 0.1) is 11.4 Å². The molecule has 0 atom stereocenters. The highest BCUT2D eigenvalue weighted by atomic mass is 35.5. The smallest absolute Gasteiger partial charge is 0.240 e. The van der Waals surface area contributed by atoms with Crippen LogP contribution in [0.4, 0.5) is 5.69 Å². The number of rotatable bonds is 4. The van der Waals surface area contributed by atoms with Gasteiger partial charge in [0.1, 0.15) is 6.61 Å². The SMILES string of the molecule is CC(C)=NOCc1c(Cl)cccc1N=C=O. The molecule has 1 aromatic rings. The Kier molecular flexibility index (Phi) is 4.70. The molecule has 1 rings (SSSR count). The third-order valence-corrected chi connectivity index (χ3v) is 2.07. The molecule has 16 heavy (non-hydrogen) atoms. The lowest BCUT2D eigenvalue weighted by Gasteiger charge is -2.05. The molecule has 0 aromatic heterocycles. The van der Waals surface area contributed by atoms with Crippen LogP contribution in [-0.4, -0.2) is 11.8 Å². The molecular weight excluding hydrogens is 228 g/mol. The Bertz CT molecular complexity index is 447. The maximum absolute atomic E-state index is 10.2. The van der Waals surface area contributed by atoms with Crippen molar-refractivity contribution < 1.29 is 9.63 Å². The Labute approximate surface area is 98.6 Å². The molecule has 0 heterocycles. The number of oxime groups is 1. The van der Waals surface area contributed by atoms with Crippen molar-refractivity contribution in [3.05, 3.63) is 28.8 Å². The zero-order valence-corrected chi connectivity index (χ0v) is 9.78. The normalized spacial score (nSPS) is 9.19. The number of hydrogen-bond donors (Lipinski definition) is 0. The number of halogens is 1. The van der Waals surface area contributed by atoms with Crippen molar-refractivity contribution in [2.75, 3.05) is 0 Å². The largest absolute Gasteiger partial charge is 0.391 e. The van der Waals surface area contributed by atoms with Gasteiger partial charge in [0, 0.05) is 10.6 Å². The maximum Gasteiger partial charge on any atom is 0.240 e. The van der Waals surface area contributed by atoms with Gasteiger partial charge in [0.25, 0.3) is 0 Å². The zero-order chi connectivity index (χ0) is 12.0. The predicted octanol–water partition coefficient (Wildman–Crippen LogP) is 3.22. The van der Waals surface area contributed by atoms with Gasteiger partial charge in [-0.3, -0.25) is 0 Å². The second-order valence-electron chi connectivity index (χ2n) is 3.25. The van der Waals surface area contributed by atoms with Gasteiger partial charge in [-0.15, -0.1) is 0 Å². The molecule has 84 valence electrons. The topological polar surface area (TPSA) is 51.0 Å². The van der Waals surface area contributed by atoms with Crippen LogP contribution in [0.2, 0.25) is 5.02 Å². The van der Waals surface area contributed by atoms with Crippen molar-refractivity contribution in [1.29, 1.82) is 0 Å². The van der Waals surface area contributed by atoms with Crippen LogP contribution in [0.3, 0.4) is 0 Å². The minimum atomic E-state index is 0.172. The van der Waals surface area contributed by atoms with Crippen LogP contribution in [-0.2, 0) is 16.2 Å². The number of benzene rings is 1. The summed E-state index contributed by atoms with van der Waals surface area (Å²) in [6.45, 7) is 3.81. The first-order valence-electron chi connectivity index (χ1n) is 4.63. The van der Waals surface area contributed by atoms with Crippen LogP contribution in [0.15, 0.2) is 28.3 Å². The van der Waals surface area contributed by atoms with Crippen molar-refractivity contribution in [2.45, 2.75) is 20.5 Å². The average molecular weight is 239 g/mol. The highest BCUT2D eigenvalue weighted by molar-refractivity contribution is 6.31. The summed E-state index contributed by atoms with van der Waals surface area (Å²) in [5.74, 6) is 0. The van der Waals surface area contributed by atoms with Crippen molar-refractivity contribution in [3.63, 3.8) is 0 Å². The van der Waals surface area contributed by atoms with Crippen molar-refractivity contribution in [2.24, 2.45) is 10.1 Å². The summed E-state index contributed by atoms with van der Waals surface area (Å²) in [5, 5.41) is 4.27. The monoisotopic (exact) mass is 238 g/mol. The van der Waals surface area contributed by atoms with E-state index in [2.05, 4.69) is 10.1 Å². The molecule has 4 nitrogen and oxygen atoms in total. The summed E-state index contributed by atoms with van der Waals surface area (Å²) in [6.07, 6.45) is 1.48. The van der Waals surface area contributed by atoms with Gasteiger partial charge in [-0.2, -0.15) is 4.99 Å². The summed E-state index contributed by atoms with van der Waals surface area (Å²) in [6, 6.07) is 5.07. The maximum atomic E-state index is 10.2. The molecule has 0 amide bonds. The van der Waals surface area contributed by atoms with E-state index in [-0.39, 0.29) is 6.61 Å². The van der Waals surface area contributed by atoms with Crippen LogP contribution in [0, 0.1) is 0 Å². The molecule has 0 aliphatic carbocycles. The molecule has 0 aliphatic heterocycles. The number of hydrogen-bond acceptors (Lipinski definition) is 4. The predicted molar refractivity (Wildman–Crippen MR) is 62.8 cm³/mol. The van der Waals surface area contributed by atoms with E-state index in [0.29, 0.717) is 16.3 Å². The Morgan fingerprint density at radius 3 is 2.88 bits per heavy atom. The molecule has 0 N–H and O–H groups in total. The summed E-state index contributed by atoms with van der Waals surface area (Å²) < 4.78 is 0. The first-order chi connectivity index (χ1) is 7.65. The summed E-state index contributed by atoms with van der Waals surface area (Å²) in [7, 11) is 0. The molecule has 0 saturated heterocycles. The van der Waals surface area contributed by atoms with E-state index in [9.17, 15) is 4.79 Å². The van der Waals surface area contributed by atoms with E-state index < -0.39 is 0 Å². The van der Waals surface area contributed by atoms with Gasteiger partial charge in [-0.25, -0.2) is 4.79 Å². The van der Waals surface area contributed by atoms with Gasteiger partial charge in [0.15, 0.2) is 0 Å². The first-order valence-corrected chi connectivity index (χ1v) is 5.01. The van der Waals surface area contributed by atoms with Crippen LogP contribution in [0.25, 0.3) is 0 Å². The highest BCUT2D eigenvalue weighted by Gasteiger charge is 2.06. The highest BCUT2D eigenvalue weighted by Crippen LogP contribution is 2.27. The van der Waals surface area contributed by atoms with Crippen molar-refractivity contribution in [3.8, 4) is 0 Å². The molecule has 5 heteroatoms. The molecule has 1 aromatic carbocycles. The third-order valence-electron chi connectivity index (χ3n) is 1.72. The standard InChI is InChI=1S/C11H11ClN2O2/c1-8(2)14-16-6-9-10(12)4-3-5-11(9)13-7-15/h3-5H,6H2,1-2H3. The van der Waals surface area contributed by atoms with Crippen LogP contribution in [0.5, 0.6) is 0 Å². The average Bonchev–Trinajstić information content (AvgIpc) is 2.22. The van der Waals surface area contributed by atoms with Gasteiger partial charge in [0.2, 0.25) is 6.08 Å². The lowest BCUT2D eigenvalue weighted by molar-refractivity contribution is 0.130. The molecule has 0 spiro atoms. The zero-order valence-electron chi connectivity index (χ0n) is 9.03. The Balaban J connectivity index is 2.92. The summed E-state index contributed by atoms with van der Waals surface area (Å²) in [4.78, 5) is 18.8. The van der Waals surface area contributed by atoms with E-state index in [0.717, 1.165) is 5.71 Å². The molecular formula is C11H11ClN2O2. The van der Waals surface area contributed by atoms with Crippen LogP contribution >= 0.6 is 11.6 Å². The molecule has 0 aliphatic rings. The van der Waals surface area contributed by atoms with Gasteiger partial charge in [-0.1, -0.05) is 22.8 Å². The number of carbonyl (C=O) groups excluding carboxylic acids is 1. The number of isocyanates is 1. The number of aliphatic imine (C=N–C) groups is 1. The van der Waals surface area contributed by atoms with E-state index in [1.54, 1.807) is 18.2 Å². The minimum absolute atomic E-state index is 0.172. The van der Waals surface area contributed by atoms with E-state index in [1.165, 1.54) is 6.08 Å². The Morgan fingerprint density at radius 2 is 2.25 bits per heavy atom. The lowest BCUT2D eigenvalue weighted by Crippen LogP contribution is -1.91. The lowest BCUT2D eigenvalue weighted by atomic mass is 10.2. The quantitative estimate of drug-likeness (QED) is 0.459. The van der Waals surface area contributed by atoms with E-state index in [4.69, 9.17) is 16.4 Å². The summed E-state index contributed by atoms with van der Waals surface area (Å²) >= 11 is 5.96. The fourth-order valence-corrected chi connectivity index (χ4v) is 1.29. The van der Waals surface area contributed by atoms with E-state index in [1.807, 2.05) is 13.8 Å².